The van der Waals surface area contributed by atoms with Crippen LogP contribution in [0.1, 0.15) is 36.0 Å². The summed E-state index contributed by atoms with van der Waals surface area (Å²) in [7, 11) is 1.62. The van der Waals surface area contributed by atoms with Gasteiger partial charge in [-0.25, -0.2) is 0 Å². The molecule has 1 aliphatic heterocycles. The Morgan fingerprint density at radius 2 is 1.75 bits per heavy atom. The van der Waals surface area contributed by atoms with Crippen molar-refractivity contribution < 1.29 is 14.3 Å². The molecule has 0 spiro atoms. The molecular formula is C25H30BrN3O3. The van der Waals surface area contributed by atoms with E-state index in [9.17, 15) is 9.59 Å². The fourth-order valence-electron chi connectivity index (χ4n) is 4.88. The van der Waals surface area contributed by atoms with E-state index in [2.05, 4.69) is 26.1 Å². The molecule has 0 bridgehead atoms. The first kappa shape index (κ1) is 22.8. The van der Waals surface area contributed by atoms with Crippen molar-refractivity contribution in [1.82, 2.24) is 9.80 Å². The smallest absolute Gasteiger partial charge is 0.253 e. The number of carbonyl (C=O) groups excluding carboxylic acids is 2. The van der Waals surface area contributed by atoms with Gasteiger partial charge < -0.3 is 15.0 Å². The number of nitrogens with one attached hydrogen (secondary N) is 1. The Kier molecular flexibility index (Phi) is 7.48. The monoisotopic (exact) mass is 499 g/mol. The molecule has 7 heteroatoms. The van der Waals surface area contributed by atoms with E-state index in [1.54, 1.807) is 7.11 Å². The second kappa shape index (κ2) is 10.5. The van der Waals surface area contributed by atoms with E-state index >= 15 is 0 Å². The van der Waals surface area contributed by atoms with Crippen molar-refractivity contribution in [3.8, 4) is 5.75 Å². The molecule has 2 aromatic carbocycles. The van der Waals surface area contributed by atoms with Gasteiger partial charge >= 0.3 is 0 Å². The number of nitrogens with zero attached hydrogens (tertiary/aromatic N) is 2. The summed E-state index contributed by atoms with van der Waals surface area (Å²) in [5.41, 5.74) is 1.44. The molecule has 170 valence electrons. The molecule has 4 rings (SSSR count). The highest BCUT2D eigenvalue weighted by Crippen LogP contribution is 2.32. The highest BCUT2D eigenvalue weighted by molar-refractivity contribution is 9.10. The number of carbonyl (C=O) groups is 2. The van der Waals surface area contributed by atoms with Crippen LogP contribution >= 0.6 is 15.9 Å². The molecule has 2 amide bonds. The van der Waals surface area contributed by atoms with Crippen molar-refractivity contribution in [2.24, 2.45) is 5.92 Å². The molecule has 1 atom stereocenters. The molecule has 2 aliphatic rings. The number of benzene rings is 2. The third kappa shape index (κ3) is 5.33. The Labute approximate surface area is 198 Å². The quantitative estimate of drug-likeness (QED) is 0.639. The molecule has 1 aliphatic carbocycles. The van der Waals surface area contributed by atoms with E-state index < -0.39 is 0 Å². The number of methoxy groups -OCH3 is 1. The van der Waals surface area contributed by atoms with E-state index in [4.69, 9.17) is 4.74 Å². The van der Waals surface area contributed by atoms with Crippen molar-refractivity contribution in [1.29, 1.82) is 0 Å². The molecule has 2 aromatic rings. The maximum Gasteiger partial charge on any atom is 0.253 e. The summed E-state index contributed by atoms with van der Waals surface area (Å²) in [6.45, 7) is 2.65. The Bertz CT molecular complexity index is 953. The first-order valence-electron chi connectivity index (χ1n) is 11.3. The number of hydrogen-bond donors (Lipinski definition) is 1. The van der Waals surface area contributed by atoms with Crippen LogP contribution in [0.5, 0.6) is 5.75 Å². The van der Waals surface area contributed by atoms with E-state index in [0.717, 1.165) is 28.8 Å². The normalized spacial score (nSPS) is 18.4. The lowest BCUT2D eigenvalue weighted by Gasteiger charge is -2.40. The van der Waals surface area contributed by atoms with Crippen molar-refractivity contribution in [2.45, 2.75) is 31.7 Å². The lowest BCUT2D eigenvalue weighted by Crippen LogP contribution is -2.56. The number of hydrogen-bond acceptors (Lipinski definition) is 4. The lowest BCUT2D eigenvalue weighted by molar-refractivity contribution is -0.123. The van der Waals surface area contributed by atoms with Gasteiger partial charge in [-0.3, -0.25) is 14.5 Å². The molecule has 2 fully saturated rings. The zero-order valence-corrected chi connectivity index (χ0v) is 20.0. The number of halogens is 1. The zero-order chi connectivity index (χ0) is 22.5. The van der Waals surface area contributed by atoms with E-state index in [1.165, 1.54) is 12.8 Å². The predicted molar refractivity (Wildman–Crippen MR) is 129 cm³/mol. The second-order valence-electron chi connectivity index (χ2n) is 8.55. The molecule has 0 radical (unpaired) electrons. The summed E-state index contributed by atoms with van der Waals surface area (Å²) in [5.74, 6) is 1.16. The van der Waals surface area contributed by atoms with Crippen LogP contribution < -0.4 is 10.1 Å². The van der Waals surface area contributed by atoms with Crippen molar-refractivity contribution >= 4 is 33.4 Å². The molecule has 1 N–H and O–H groups in total. The zero-order valence-electron chi connectivity index (χ0n) is 18.4. The number of amides is 2. The van der Waals surface area contributed by atoms with E-state index in [1.807, 2.05) is 53.4 Å². The minimum absolute atomic E-state index is 0.0388. The summed E-state index contributed by atoms with van der Waals surface area (Å²) in [5, 5.41) is 3.11. The number of anilines is 1. The first-order valence-corrected chi connectivity index (χ1v) is 12.1. The average molecular weight is 500 g/mol. The SMILES string of the molecule is COc1cccc(NC(=O)C(C2CCCC2)N2CCN(C(=O)c3cccc(Br)c3)CC2)c1. The van der Waals surface area contributed by atoms with Crippen LogP contribution in [0.25, 0.3) is 0 Å². The van der Waals surface area contributed by atoms with Crippen LogP contribution in [0.4, 0.5) is 5.69 Å². The molecule has 1 saturated heterocycles. The Hall–Kier alpha value is -2.38. The van der Waals surface area contributed by atoms with Crippen molar-refractivity contribution in [3.63, 3.8) is 0 Å². The molecule has 1 unspecified atom stereocenters. The van der Waals surface area contributed by atoms with Crippen molar-refractivity contribution in [3.05, 3.63) is 58.6 Å². The minimum Gasteiger partial charge on any atom is -0.497 e. The number of ether oxygens (including phenoxy) is 1. The van der Waals surface area contributed by atoms with Gasteiger partial charge in [-0.2, -0.15) is 0 Å². The highest BCUT2D eigenvalue weighted by atomic mass is 79.9. The van der Waals surface area contributed by atoms with Crippen LogP contribution in [0.3, 0.4) is 0 Å². The van der Waals surface area contributed by atoms with Crippen LogP contribution in [0, 0.1) is 5.92 Å². The lowest BCUT2D eigenvalue weighted by atomic mass is 9.94. The van der Waals surface area contributed by atoms with Gasteiger partial charge in [0, 0.05) is 48.0 Å². The van der Waals surface area contributed by atoms with Gasteiger partial charge in [0.2, 0.25) is 5.91 Å². The predicted octanol–water partition coefficient (Wildman–Crippen LogP) is 4.41. The number of rotatable bonds is 6. The maximum absolute atomic E-state index is 13.4. The van der Waals surface area contributed by atoms with Gasteiger partial charge in [0.15, 0.2) is 0 Å². The average Bonchev–Trinajstić information content (AvgIpc) is 3.33. The van der Waals surface area contributed by atoms with Gasteiger partial charge in [0.1, 0.15) is 5.75 Å². The van der Waals surface area contributed by atoms with Crippen LogP contribution in [-0.4, -0.2) is 60.9 Å². The van der Waals surface area contributed by atoms with Gasteiger partial charge in [-0.05, 0) is 49.1 Å². The molecule has 1 saturated carbocycles. The first-order chi connectivity index (χ1) is 15.5. The Balaban J connectivity index is 1.43. The van der Waals surface area contributed by atoms with Crippen LogP contribution in [0.15, 0.2) is 53.0 Å². The van der Waals surface area contributed by atoms with Crippen molar-refractivity contribution in [2.75, 3.05) is 38.6 Å². The third-order valence-electron chi connectivity index (χ3n) is 6.52. The van der Waals surface area contributed by atoms with Gasteiger partial charge in [0.25, 0.3) is 5.91 Å². The second-order valence-corrected chi connectivity index (χ2v) is 9.46. The van der Waals surface area contributed by atoms with Gasteiger partial charge in [0.05, 0.1) is 13.2 Å². The summed E-state index contributed by atoms with van der Waals surface area (Å²) < 4.78 is 6.19. The van der Waals surface area contributed by atoms with Gasteiger partial charge in [-0.15, -0.1) is 0 Å². The number of piperazine rings is 1. The molecule has 0 aromatic heterocycles. The standard InChI is InChI=1S/C25H30BrN3O3/c1-32-22-11-5-10-21(17-22)27-24(30)23(18-6-2-3-7-18)28-12-14-29(15-13-28)25(31)19-8-4-9-20(26)16-19/h4-5,8-11,16-18,23H,2-3,6-7,12-15H2,1H3,(H,27,30). The van der Waals surface area contributed by atoms with E-state index in [0.29, 0.717) is 37.7 Å². The summed E-state index contributed by atoms with van der Waals surface area (Å²) in [6, 6.07) is 14.8. The largest absolute Gasteiger partial charge is 0.497 e. The van der Waals surface area contributed by atoms with Crippen LogP contribution in [-0.2, 0) is 4.79 Å². The van der Waals surface area contributed by atoms with Gasteiger partial charge in [-0.1, -0.05) is 40.9 Å². The fourth-order valence-corrected chi connectivity index (χ4v) is 5.27. The Morgan fingerprint density at radius 3 is 2.44 bits per heavy atom. The molecule has 1 heterocycles. The maximum atomic E-state index is 13.4. The third-order valence-corrected chi connectivity index (χ3v) is 7.01. The minimum atomic E-state index is -0.174. The molecular weight excluding hydrogens is 470 g/mol. The molecule has 32 heavy (non-hydrogen) atoms. The fraction of sp³-hybridized carbons (Fsp3) is 0.440. The van der Waals surface area contributed by atoms with E-state index in [-0.39, 0.29) is 17.9 Å². The topological polar surface area (TPSA) is 61.9 Å². The summed E-state index contributed by atoms with van der Waals surface area (Å²) in [4.78, 5) is 30.5. The Morgan fingerprint density at radius 1 is 1.03 bits per heavy atom. The summed E-state index contributed by atoms with van der Waals surface area (Å²) >= 11 is 3.44. The van der Waals surface area contributed by atoms with Crippen LogP contribution in [0.2, 0.25) is 0 Å². The summed E-state index contributed by atoms with van der Waals surface area (Å²) in [6.07, 6.45) is 4.50. The molecule has 6 nitrogen and oxygen atoms in total. The highest BCUT2D eigenvalue weighted by Gasteiger charge is 2.37.